The minimum Gasteiger partial charge on any atom is -0.507 e. The van der Waals surface area contributed by atoms with E-state index in [2.05, 4.69) is 26.1 Å². The lowest BCUT2D eigenvalue weighted by atomic mass is 10.1. The largest absolute Gasteiger partial charge is 0.507 e. The summed E-state index contributed by atoms with van der Waals surface area (Å²) in [6.07, 6.45) is 0. The number of aromatic hydroxyl groups is 1. The van der Waals surface area contributed by atoms with Crippen LogP contribution in [0.15, 0.2) is 53.0 Å². The van der Waals surface area contributed by atoms with Crippen LogP contribution in [0.4, 0.5) is 0 Å². The summed E-state index contributed by atoms with van der Waals surface area (Å²) >= 11 is 9.36. The van der Waals surface area contributed by atoms with Gasteiger partial charge in [-0.15, -0.1) is 0 Å². The lowest BCUT2D eigenvalue weighted by molar-refractivity contribution is 0.477. The molecule has 0 aliphatic carbocycles. The summed E-state index contributed by atoms with van der Waals surface area (Å²) in [4.78, 5) is 0. The van der Waals surface area contributed by atoms with Crippen LogP contribution in [0.5, 0.6) is 5.75 Å². The van der Waals surface area contributed by atoms with Crippen LogP contribution in [-0.2, 0) is 0 Å². The number of nitrogens with zero attached hydrogens (tertiary/aromatic N) is 1. The first-order valence-electron chi connectivity index (χ1n) is 5.94. The van der Waals surface area contributed by atoms with Crippen molar-refractivity contribution in [2.24, 2.45) is 0 Å². The fourth-order valence-corrected chi connectivity index (χ4v) is 2.39. The quantitative estimate of drug-likeness (QED) is 0.694. The molecule has 0 amide bonds. The van der Waals surface area contributed by atoms with Gasteiger partial charge in [-0.1, -0.05) is 39.7 Å². The van der Waals surface area contributed by atoms with Crippen LogP contribution in [0, 0.1) is 0 Å². The van der Waals surface area contributed by atoms with E-state index in [1.54, 1.807) is 18.2 Å². The lowest BCUT2D eigenvalue weighted by Gasteiger charge is -2.01. The molecule has 0 radical (unpaired) electrons. The Labute approximate surface area is 129 Å². The SMILES string of the molecule is Oc1ccc(Cl)cc1-c1cc(-c2ccc(Br)cc2)n[nH]1. The van der Waals surface area contributed by atoms with Gasteiger partial charge < -0.3 is 5.11 Å². The second-order valence-corrected chi connectivity index (χ2v) is 5.69. The minimum atomic E-state index is 0.167. The molecule has 3 rings (SSSR count). The molecule has 0 saturated heterocycles. The fraction of sp³-hybridized carbons (Fsp3) is 0. The molecule has 2 aromatic carbocycles. The number of phenols is 1. The molecular formula is C15H10BrClN2O. The second-order valence-electron chi connectivity index (χ2n) is 4.34. The maximum atomic E-state index is 9.89. The van der Waals surface area contributed by atoms with Gasteiger partial charge in [0.05, 0.1) is 11.4 Å². The first-order valence-corrected chi connectivity index (χ1v) is 7.11. The number of halogens is 2. The number of benzene rings is 2. The van der Waals surface area contributed by atoms with Gasteiger partial charge in [0.1, 0.15) is 5.75 Å². The molecule has 0 spiro atoms. The van der Waals surface area contributed by atoms with Gasteiger partial charge in [0.25, 0.3) is 0 Å². The summed E-state index contributed by atoms with van der Waals surface area (Å²) in [5.74, 6) is 0.167. The Morgan fingerprint density at radius 2 is 1.80 bits per heavy atom. The van der Waals surface area contributed by atoms with Crippen molar-refractivity contribution in [3.05, 3.63) is 58.0 Å². The van der Waals surface area contributed by atoms with Crippen LogP contribution in [-0.4, -0.2) is 15.3 Å². The van der Waals surface area contributed by atoms with E-state index >= 15 is 0 Å². The molecule has 1 aromatic heterocycles. The van der Waals surface area contributed by atoms with Gasteiger partial charge in [0, 0.05) is 20.6 Å². The highest BCUT2D eigenvalue weighted by atomic mass is 79.9. The minimum absolute atomic E-state index is 0.167. The average molecular weight is 350 g/mol. The van der Waals surface area contributed by atoms with E-state index in [0.29, 0.717) is 10.6 Å². The van der Waals surface area contributed by atoms with Crippen molar-refractivity contribution in [1.82, 2.24) is 10.2 Å². The smallest absolute Gasteiger partial charge is 0.125 e. The van der Waals surface area contributed by atoms with Crippen LogP contribution >= 0.6 is 27.5 Å². The molecule has 5 heteroatoms. The second kappa shape index (κ2) is 5.31. The molecule has 0 aliphatic heterocycles. The summed E-state index contributed by atoms with van der Waals surface area (Å²) in [7, 11) is 0. The molecule has 0 bridgehead atoms. The van der Waals surface area contributed by atoms with Gasteiger partial charge >= 0.3 is 0 Å². The lowest BCUT2D eigenvalue weighted by Crippen LogP contribution is -1.79. The standard InChI is InChI=1S/C15H10BrClN2O/c16-10-3-1-9(2-4-10)13-8-14(19-18-13)12-7-11(17)5-6-15(12)20/h1-8,20H,(H,18,19). The predicted octanol–water partition coefficient (Wildman–Crippen LogP) is 4.87. The Morgan fingerprint density at radius 3 is 2.55 bits per heavy atom. The van der Waals surface area contributed by atoms with Crippen LogP contribution in [0.2, 0.25) is 5.02 Å². The third-order valence-corrected chi connectivity index (χ3v) is 3.73. The summed E-state index contributed by atoms with van der Waals surface area (Å²) in [6, 6.07) is 14.7. The van der Waals surface area contributed by atoms with Crippen LogP contribution in [0.3, 0.4) is 0 Å². The predicted molar refractivity (Wildman–Crippen MR) is 83.8 cm³/mol. The number of aromatic amines is 1. The van der Waals surface area contributed by atoms with E-state index in [1.807, 2.05) is 30.3 Å². The number of nitrogens with one attached hydrogen (secondary N) is 1. The first kappa shape index (κ1) is 13.2. The Balaban J connectivity index is 2.01. The maximum Gasteiger partial charge on any atom is 0.125 e. The number of H-pyrrole nitrogens is 1. The highest BCUT2D eigenvalue weighted by Gasteiger charge is 2.10. The Bertz CT molecular complexity index is 753. The molecule has 0 saturated carbocycles. The summed E-state index contributed by atoms with van der Waals surface area (Å²) in [6.45, 7) is 0. The summed E-state index contributed by atoms with van der Waals surface area (Å²) < 4.78 is 1.02. The normalized spacial score (nSPS) is 10.7. The van der Waals surface area contributed by atoms with E-state index in [-0.39, 0.29) is 5.75 Å². The van der Waals surface area contributed by atoms with Gasteiger partial charge in [0.15, 0.2) is 0 Å². The van der Waals surface area contributed by atoms with E-state index in [9.17, 15) is 5.11 Å². The fourth-order valence-electron chi connectivity index (χ4n) is 1.95. The molecule has 1 heterocycles. The zero-order chi connectivity index (χ0) is 14.1. The van der Waals surface area contributed by atoms with Crippen molar-refractivity contribution in [2.45, 2.75) is 0 Å². The van der Waals surface area contributed by atoms with Crippen molar-refractivity contribution in [2.75, 3.05) is 0 Å². The van der Waals surface area contributed by atoms with Crippen LogP contribution in [0.25, 0.3) is 22.5 Å². The van der Waals surface area contributed by atoms with E-state index in [4.69, 9.17) is 11.6 Å². The molecule has 3 nitrogen and oxygen atoms in total. The number of phenolic OH excluding ortho intramolecular Hbond substituents is 1. The average Bonchev–Trinajstić information content (AvgIpc) is 2.92. The number of hydrogen-bond donors (Lipinski definition) is 2. The topological polar surface area (TPSA) is 48.9 Å². The van der Waals surface area contributed by atoms with Gasteiger partial charge in [0.2, 0.25) is 0 Å². The Kier molecular flexibility index (Phi) is 3.51. The number of hydrogen-bond acceptors (Lipinski definition) is 2. The van der Waals surface area contributed by atoms with Gasteiger partial charge in [-0.2, -0.15) is 5.10 Å². The van der Waals surface area contributed by atoms with Crippen molar-refractivity contribution < 1.29 is 5.11 Å². The highest BCUT2D eigenvalue weighted by molar-refractivity contribution is 9.10. The highest BCUT2D eigenvalue weighted by Crippen LogP contribution is 2.32. The van der Waals surface area contributed by atoms with Gasteiger partial charge in [-0.05, 0) is 36.4 Å². The van der Waals surface area contributed by atoms with E-state index in [0.717, 1.165) is 21.4 Å². The van der Waals surface area contributed by atoms with Crippen LogP contribution < -0.4 is 0 Å². The monoisotopic (exact) mass is 348 g/mol. The van der Waals surface area contributed by atoms with Crippen molar-refractivity contribution in [3.63, 3.8) is 0 Å². The molecule has 0 atom stereocenters. The molecule has 3 aromatic rings. The molecule has 20 heavy (non-hydrogen) atoms. The molecule has 2 N–H and O–H groups in total. The molecule has 0 unspecified atom stereocenters. The molecule has 0 aliphatic rings. The third-order valence-electron chi connectivity index (χ3n) is 2.97. The molecular weight excluding hydrogens is 340 g/mol. The Morgan fingerprint density at radius 1 is 1.05 bits per heavy atom. The van der Waals surface area contributed by atoms with Gasteiger partial charge in [-0.3, -0.25) is 5.10 Å². The van der Waals surface area contributed by atoms with Crippen molar-refractivity contribution >= 4 is 27.5 Å². The Hall–Kier alpha value is -1.78. The number of aromatic nitrogens is 2. The third kappa shape index (κ3) is 2.57. The zero-order valence-electron chi connectivity index (χ0n) is 10.3. The van der Waals surface area contributed by atoms with E-state index < -0.39 is 0 Å². The van der Waals surface area contributed by atoms with Crippen LogP contribution in [0.1, 0.15) is 0 Å². The van der Waals surface area contributed by atoms with Gasteiger partial charge in [-0.25, -0.2) is 0 Å². The number of rotatable bonds is 2. The summed E-state index contributed by atoms with van der Waals surface area (Å²) in [5.41, 5.74) is 3.17. The molecule has 0 fully saturated rings. The first-order chi connectivity index (χ1) is 9.63. The molecule has 100 valence electrons. The zero-order valence-corrected chi connectivity index (χ0v) is 12.6. The van der Waals surface area contributed by atoms with Crippen molar-refractivity contribution in [1.29, 1.82) is 0 Å². The van der Waals surface area contributed by atoms with E-state index in [1.165, 1.54) is 0 Å². The van der Waals surface area contributed by atoms with Crippen molar-refractivity contribution in [3.8, 4) is 28.3 Å². The summed E-state index contributed by atoms with van der Waals surface area (Å²) in [5, 5.41) is 17.7. The maximum absolute atomic E-state index is 9.89.